The maximum Gasteiger partial charge on any atom is 0.231 e. The van der Waals surface area contributed by atoms with Gasteiger partial charge < -0.3 is 14.4 Å². The van der Waals surface area contributed by atoms with Crippen LogP contribution in [0.25, 0.3) is 10.9 Å². The zero-order valence-corrected chi connectivity index (χ0v) is 23.0. The van der Waals surface area contributed by atoms with Crippen molar-refractivity contribution >= 4 is 26.8 Å². The van der Waals surface area contributed by atoms with Crippen LogP contribution in [0, 0.1) is 11.3 Å². The molecule has 2 aromatic rings. The molecule has 2 aliphatic heterocycles. The van der Waals surface area contributed by atoms with Gasteiger partial charge >= 0.3 is 0 Å². The maximum absolute atomic E-state index is 13.3. The lowest BCUT2D eigenvalue weighted by Gasteiger charge is -2.41. The Bertz CT molecular complexity index is 1210. The molecule has 3 aliphatic rings. The van der Waals surface area contributed by atoms with Crippen LogP contribution in [0.4, 0.5) is 0 Å². The van der Waals surface area contributed by atoms with Crippen LogP contribution in [0.1, 0.15) is 56.9 Å². The molecule has 1 N–H and O–H groups in total. The van der Waals surface area contributed by atoms with Gasteiger partial charge in [-0.05, 0) is 75.0 Å². The van der Waals surface area contributed by atoms with Gasteiger partial charge in [0.2, 0.25) is 15.9 Å². The van der Waals surface area contributed by atoms with Gasteiger partial charge in [0.15, 0.2) is 0 Å². The third kappa shape index (κ3) is 6.02. The Balaban J connectivity index is 1.18. The van der Waals surface area contributed by atoms with Gasteiger partial charge in [0.05, 0.1) is 42.1 Å². The molecule has 2 saturated heterocycles. The number of likely N-dealkylation sites (tertiary alicyclic amines) is 1. The van der Waals surface area contributed by atoms with E-state index in [-0.39, 0.29) is 18.1 Å². The van der Waals surface area contributed by atoms with Crippen molar-refractivity contribution in [3.63, 3.8) is 0 Å². The van der Waals surface area contributed by atoms with E-state index in [0.717, 1.165) is 37.6 Å². The second-order valence-corrected chi connectivity index (χ2v) is 13.4. The van der Waals surface area contributed by atoms with Gasteiger partial charge in [0, 0.05) is 38.7 Å². The minimum atomic E-state index is -3.38. The Morgan fingerprint density at radius 1 is 1.24 bits per heavy atom. The van der Waals surface area contributed by atoms with E-state index >= 15 is 0 Å². The SMILES string of the molecule is Cn1ncc2cc(C3CCC(CO[C@@H]4CN(C(=O)[C@@]5(C)CCOC5)CC[C@@H]4NS(C)(=O)=O)CC3)ccc21. The van der Waals surface area contributed by atoms with Crippen molar-refractivity contribution in [2.24, 2.45) is 18.4 Å². The third-order valence-corrected chi connectivity index (χ3v) is 9.31. The molecule has 3 heterocycles. The number of ether oxygens (including phenoxy) is 2. The highest BCUT2D eigenvalue weighted by Gasteiger charge is 2.43. The molecule has 0 radical (unpaired) electrons. The zero-order chi connectivity index (χ0) is 26.2. The summed E-state index contributed by atoms with van der Waals surface area (Å²) in [4.78, 5) is 15.1. The fraction of sp³-hybridized carbons (Fsp3) is 0.704. The fourth-order valence-electron chi connectivity index (χ4n) is 6.26. The number of aryl methyl sites for hydroxylation is 1. The van der Waals surface area contributed by atoms with E-state index in [4.69, 9.17) is 9.47 Å². The van der Waals surface area contributed by atoms with Crippen molar-refractivity contribution in [2.45, 2.75) is 63.5 Å². The Kier molecular flexibility index (Phi) is 7.64. The predicted octanol–water partition coefficient (Wildman–Crippen LogP) is 2.81. The van der Waals surface area contributed by atoms with Crippen LogP contribution in [0.5, 0.6) is 0 Å². The molecule has 3 atom stereocenters. The van der Waals surface area contributed by atoms with Crippen LogP contribution < -0.4 is 4.72 Å². The number of rotatable bonds is 7. The number of carbonyl (C=O) groups excluding carboxylic acids is 1. The number of carbonyl (C=O) groups is 1. The van der Waals surface area contributed by atoms with Gasteiger partial charge in [-0.15, -0.1) is 0 Å². The topological polar surface area (TPSA) is 103 Å². The molecule has 10 heteroatoms. The second-order valence-electron chi connectivity index (χ2n) is 11.6. The van der Waals surface area contributed by atoms with Crippen molar-refractivity contribution < 1.29 is 22.7 Å². The monoisotopic (exact) mass is 532 g/mol. The molecule has 37 heavy (non-hydrogen) atoms. The molecule has 1 saturated carbocycles. The fourth-order valence-corrected chi connectivity index (χ4v) is 7.07. The van der Waals surface area contributed by atoms with E-state index in [1.807, 2.05) is 29.7 Å². The number of nitrogens with one attached hydrogen (secondary N) is 1. The molecule has 0 unspecified atom stereocenters. The van der Waals surface area contributed by atoms with E-state index in [9.17, 15) is 13.2 Å². The van der Waals surface area contributed by atoms with Crippen molar-refractivity contribution in [1.29, 1.82) is 0 Å². The first kappa shape index (κ1) is 26.6. The van der Waals surface area contributed by atoms with E-state index in [2.05, 4.69) is 28.0 Å². The second kappa shape index (κ2) is 10.6. The quantitative estimate of drug-likeness (QED) is 0.588. The smallest absolute Gasteiger partial charge is 0.231 e. The molecule has 1 aliphatic carbocycles. The highest BCUT2D eigenvalue weighted by atomic mass is 32.2. The molecule has 204 valence electrons. The summed E-state index contributed by atoms with van der Waals surface area (Å²) in [5.41, 5.74) is 2.03. The summed E-state index contributed by atoms with van der Waals surface area (Å²) >= 11 is 0. The molecular formula is C27H40N4O5S. The predicted molar refractivity (Wildman–Crippen MR) is 142 cm³/mol. The van der Waals surface area contributed by atoms with Crippen molar-refractivity contribution in [1.82, 2.24) is 19.4 Å². The highest BCUT2D eigenvalue weighted by molar-refractivity contribution is 7.88. The summed E-state index contributed by atoms with van der Waals surface area (Å²) < 4.78 is 40.6. The van der Waals surface area contributed by atoms with Crippen molar-refractivity contribution in [3.8, 4) is 0 Å². The molecular weight excluding hydrogens is 492 g/mol. The normalized spacial score (nSPS) is 31.2. The van der Waals surface area contributed by atoms with Gasteiger partial charge in [0.1, 0.15) is 0 Å². The molecule has 3 fully saturated rings. The Morgan fingerprint density at radius 2 is 2.03 bits per heavy atom. The lowest BCUT2D eigenvalue weighted by Crippen LogP contribution is -2.58. The summed E-state index contributed by atoms with van der Waals surface area (Å²) in [6.07, 6.45) is 8.38. The molecule has 1 aromatic carbocycles. The molecule has 5 rings (SSSR count). The molecule has 1 aromatic heterocycles. The minimum absolute atomic E-state index is 0.0856. The Hall–Kier alpha value is -2.01. The minimum Gasteiger partial charge on any atom is -0.380 e. The lowest BCUT2D eigenvalue weighted by molar-refractivity contribution is -0.146. The summed E-state index contributed by atoms with van der Waals surface area (Å²) in [5.74, 6) is 1.06. The number of aromatic nitrogens is 2. The zero-order valence-electron chi connectivity index (χ0n) is 22.2. The number of fused-ring (bicyclic) bond motifs is 1. The first-order valence-corrected chi connectivity index (χ1v) is 15.4. The Labute approximate surface area is 219 Å². The van der Waals surface area contributed by atoms with Gasteiger partial charge in [-0.3, -0.25) is 9.48 Å². The summed E-state index contributed by atoms with van der Waals surface area (Å²) in [7, 11) is -1.41. The van der Waals surface area contributed by atoms with E-state index in [1.54, 1.807) is 0 Å². The molecule has 9 nitrogen and oxygen atoms in total. The largest absolute Gasteiger partial charge is 0.380 e. The Morgan fingerprint density at radius 3 is 2.73 bits per heavy atom. The van der Waals surface area contributed by atoms with Crippen molar-refractivity contribution in [3.05, 3.63) is 30.0 Å². The standard InChI is InChI=1S/C27H40N4O5S/c1-27(11-13-35-18-27)26(32)31-12-10-23(29-37(3,33)34)25(16-31)36-17-19-4-6-20(7-5-19)21-8-9-24-22(14-21)15-28-30(24)2/h8-9,14-15,19-20,23,25,29H,4-7,10-13,16-18H2,1-3H3/t19?,20?,23-,25+,27-/m0/s1. The average Bonchev–Trinajstić information content (AvgIpc) is 3.48. The van der Waals surface area contributed by atoms with Crippen LogP contribution in [0.2, 0.25) is 0 Å². The molecule has 0 spiro atoms. The number of amides is 1. The summed E-state index contributed by atoms with van der Waals surface area (Å²) in [5, 5.41) is 5.54. The number of hydrogen-bond acceptors (Lipinski definition) is 6. The van der Waals surface area contributed by atoms with E-state index in [1.165, 1.54) is 17.2 Å². The van der Waals surface area contributed by atoms with E-state index < -0.39 is 15.4 Å². The van der Waals surface area contributed by atoms with Crippen molar-refractivity contribution in [2.75, 3.05) is 39.2 Å². The van der Waals surface area contributed by atoms with Crippen LogP contribution in [0.3, 0.4) is 0 Å². The number of sulfonamides is 1. The molecule has 0 bridgehead atoms. The van der Waals surface area contributed by atoms with Gasteiger partial charge in [-0.25, -0.2) is 13.1 Å². The summed E-state index contributed by atoms with van der Waals surface area (Å²) in [6.45, 7) is 4.52. The number of piperidine rings is 1. The number of nitrogens with zero attached hydrogens (tertiary/aromatic N) is 3. The van der Waals surface area contributed by atoms with Crippen LogP contribution in [-0.4, -0.2) is 80.3 Å². The molecule has 1 amide bonds. The first-order valence-electron chi connectivity index (χ1n) is 13.5. The highest BCUT2D eigenvalue weighted by Crippen LogP contribution is 2.37. The van der Waals surface area contributed by atoms with Gasteiger partial charge in [-0.2, -0.15) is 5.10 Å². The number of benzene rings is 1. The van der Waals surface area contributed by atoms with Crippen LogP contribution >= 0.6 is 0 Å². The first-order chi connectivity index (χ1) is 17.6. The lowest BCUT2D eigenvalue weighted by atomic mass is 9.79. The number of hydrogen-bond donors (Lipinski definition) is 1. The third-order valence-electron chi connectivity index (χ3n) is 8.58. The van der Waals surface area contributed by atoms with Crippen LogP contribution in [-0.2, 0) is 31.3 Å². The van der Waals surface area contributed by atoms with Gasteiger partial charge in [-0.1, -0.05) is 6.07 Å². The van der Waals surface area contributed by atoms with Gasteiger partial charge in [0.25, 0.3) is 0 Å². The van der Waals surface area contributed by atoms with Crippen LogP contribution in [0.15, 0.2) is 24.4 Å². The summed E-state index contributed by atoms with van der Waals surface area (Å²) in [6, 6.07) is 6.34. The maximum atomic E-state index is 13.3. The van der Waals surface area contributed by atoms with E-state index in [0.29, 0.717) is 51.2 Å². The average molecular weight is 533 g/mol.